The van der Waals surface area contributed by atoms with Gasteiger partial charge in [0.15, 0.2) is 0 Å². The van der Waals surface area contributed by atoms with Crippen molar-refractivity contribution < 1.29 is 18.1 Å². The zero-order chi connectivity index (χ0) is 14.3. The normalized spacial score (nSPS) is 24.0. The molecule has 1 aromatic rings. The number of hydrogen-bond donors (Lipinski definition) is 2. The average molecular weight is 284 g/mol. The smallest absolute Gasteiger partial charge is 0.294 e. The fourth-order valence-electron chi connectivity index (χ4n) is 2.61. The molecule has 5 heteroatoms. The van der Waals surface area contributed by atoms with E-state index in [0.717, 1.165) is 24.8 Å². The zero-order valence-electron chi connectivity index (χ0n) is 11.2. The van der Waals surface area contributed by atoms with Crippen LogP contribution in [0.5, 0.6) is 0 Å². The number of aliphatic hydroxyl groups is 1. The van der Waals surface area contributed by atoms with Gasteiger partial charge in [-0.3, -0.25) is 4.55 Å². The highest BCUT2D eigenvalue weighted by Crippen LogP contribution is 2.42. The van der Waals surface area contributed by atoms with Gasteiger partial charge < -0.3 is 5.11 Å². The van der Waals surface area contributed by atoms with E-state index in [9.17, 15) is 13.5 Å². The molecule has 0 saturated heterocycles. The van der Waals surface area contributed by atoms with Crippen molar-refractivity contribution in [3.63, 3.8) is 0 Å². The van der Waals surface area contributed by atoms with Crippen molar-refractivity contribution in [2.45, 2.75) is 43.6 Å². The van der Waals surface area contributed by atoms with Crippen LogP contribution in [-0.2, 0) is 16.5 Å². The first-order valence-corrected chi connectivity index (χ1v) is 7.89. The van der Waals surface area contributed by atoms with Crippen LogP contribution in [0.3, 0.4) is 0 Å². The molecule has 0 atom stereocenters. The quantitative estimate of drug-likeness (QED) is 0.832. The summed E-state index contributed by atoms with van der Waals surface area (Å²) in [4.78, 5) is -0.0702. The molecule has 0 bridgehead atoms. The summed E-state index contributed by atoms with van der Waals surface area (Å²) in [6.07, 6.45) is 2.89. The highest BCUT2D eigenvalue weighted by atomic mass is 32.2. The van der Waals surface area contributed by atoms with Crippen molar-refractivity contribution in [2.24, 2.45) is 11.8 Å². The third-order valence-corrected chi connectivity index (χ3v) is 4.85. The van der Waals surface area contributed by atoms with Gasteiger partial charge in [0.2, 0.25) is 0 Å². The van der Waals surface area contributed by atoms with Gasteiger partial charge in [-0.2, -0.15) is 8.42 Å². The molecular formula is C14H20O4S. The monoisotopic (exact) mass is 284 g/mol. The fraction of sp³-hybridized carbons (Fsp3) is 0.571. The summed E-state index contributed by atoms with van der Waals surface area (Å²) in [6, 6.07) is 6.33. The first-order chi connectivity index (χ1) is 8.66. The molecule has 2 rings (SSSR count). The van der Waals surface area contributed by atoms with Crippen LogP contribution < -0.4 is 0 Å². The van der Waals surface area contributed by atoms with Crippen LogP contribution in [0, 0.1) is 11.8 Å². The first kappa shape index (κ1) is 14.5. The largest absolute Gasteiger partial charge is 0.390 e. The van der Waals surface area contributed by atoms with Crippen LogP contribution in [0.25, 0.3) is 0 Å². The Morgan fingerprint density at radius 3 is 2.16 bits per heavy atom. The third kappa shape index (κ3) is 3.55. The van der Waals surface area contributed by atoms with E-state index in [1.807, 2.05) is 13.8 Å². The van der Waals surface area contributed by atoms with Crippen LogP contribution in [0.4, 0.5) is 0 Å². The van der Waals surface area contributed by atoms with E-state index in [4.69, 9.17) is 4.55 Å². The minimum Gasteiger partial charge on any atom is -0.390 e. The van der Waals surface area contributed by atoms with E-state index in [-0.39, 0.29) is 4.90 Å². The Morgan fingerprint density at radius 1 is 1.21 bits per heavy atom. The standard InChI is InChI=1S/C14H20O4S/c1-14(2,15)12-8-11(9-12)7-10-3-5-13(6-4-10)19(16,17)18/h3-6,11-12,15H,7-9H2,1-2H3,(H,16,17,18). The lowest BCUT2D eigenvalue weighted by molar-refractivity contribution is -0.0426. The Hall–Kier alpha value is -0.910. The Morgan fingerprint density at radius 2 is 1.74 bits per heavy atom. The maximum absolute atomic E-state index is 10.9. The summed E-state index contributed by atoms with van der Waals surface area (Å²) in [7, 11) is -4.10. The van der Waals surface area contributed by atoms with Gasteiger partial charge in [0, 0.05) is 0 Å². The highest BCUT2D eigenvalue weighted by molar-refractivity contribution is 7.85. The molecular weight excluding hydrogens is 264 g/mol. The lowest BCUT2D eigenvalue weighted by atomic mass is 9.66. The van der Waals surface area contributed by atoms with E-state index in [2.05, 4.69) is 0 Å². The Balaban J connectivity index is 1.92. The summed E-state index contributed by atoms with van der Waals surface area (Å²) < 4.78 is 30.7. The Bertz CT molecular complexity index is 534. The molecule has 0 unspecified atom stereocenters. The summed E-state index contributed by atoms with van der Waals surface area (Å²) in [5.74, 6) is 0.905. The lowest BCUT2D eigenvalue weighted by Crippen LogP contribution is -2.41. The molecule has 1 aliphatic rings. The average Bonchev–Trinajstić information content (AvgIpc) is 2.20. The van der Waals surface area contributed by atoms with E-state index < -0.39 is 15.7 Å². The summed E-state index contributed by atoms with van der Waals surface area (Å²) >= 11 is 0. The lowest BCUT2D eigenvalue weighted by Gasteiger charge is -2.42. The molecule has 19 heavy (non-hydrogen) atoms. The van der Waals surface area contributed by atoms with Gasteiger partial charge in [0.25, 0.3) is 10.1 Å². The number of rotatable bonds is 4. The van der Waals surface area contributed by atoms with Crippen LogP contribution in [0.1, 0.15) is 32.3 Å². The van der Waals surface area contributed by atoms with Gasteiger partial charge in [0.1, 0.15) is 0 Å². The summed E-state index contributed by atoms with van der Waals surface area (Å²) in [5.41, 5.74) is 0.456. The molecule has 0 aliphatic heterocycles. The van der Waals surface area contributed by atoms with Crippen molar-refractivity contribution in [2.75, 3.05) is 0 Å². The molecule has 4 nitrogen and oxygen atoms in total. The van der Waals surface area contributed by atoms with Crippen molar-refractivity contribution in [1.29, 1.82) is 0 Å². The van der Waals surface area contributed by atoms with Crippen molar-refractivity contribution in [3.8, 4) is 0 Å². The fourth-order valence-corrected chi connectivity index (χ4v) is 3.09. The maximum atomic E-state index is 10.9. The number of benzene rings is 1. The van der Waals surface area contributed by atoms with Crippen molar-refractivity contribution in [3.05, 3.63) is 29.8 Å². The molecule has 0 amide bonds. The molecule has 0 radical (unpaired) electrons. The van der Waals surface area contributed by atoms with Gasteiger partial charge in [0.05, 0.1) is 10.5 Å². The van der Waals surface area contributed by atoms with Gasteiger partial charge in [-0.1, -0.05) is 12.1 Å². The molecule has 0 heterocycles. The Kier molecular flexibility index (Phi) is 3.73. The second-order valence-electron chi connectivity index (χ2n) is 6.01. The van der Waals surface area contributed by atoms with E-state index in [1.54, 1.807) is 12.1 Å². The topological polar surface area (TPSA) is 74.6 Å². The molecule has 1 saturated carbocycles. The van der Waals surface area contributed by atoms with Crippen molar-refractivity contribution >= 4 is 10.1 Å². The molecule has 1 fully saturated rings. The van der Waals surface area contributed by atoms with Crippen LogP contribution >= 0.6 is 0 Å². The second-order valence-corrected chi connectivity index (χ2v) is 7.43. The maximum Gasteiger partial charge on any atom is 0.294 e. The van der Waals surface area contributed by atoms with E-state index in [0.29, 0.717) is 11.8 Å². The SMILES string of the molecule is CC(C)(O)C1CC(Cc2ccc(S(=O)(=O)O)cc2)C1. The predicted molar refractivity (Wildman–Crippen MR) is 72.5 cm³/mol. The van der Waals surface area contributed by atoms with Gasteiger partial charge in [-0.05, 0) is 62.6 Å². The minimum atomic E-state index is -4.10. The van der Waals surface area contributed by atoms with E-state index >= 15 is 0 Å². The molecule has 0 aromatic heterocycles. The molecule has 0 spiro atoms. The Labute approximate surface area is 114 Å². The number of hydrogen-bond acceptors (Lipinski definition) is 3. The minimum absolute atomic E-state index is 0.0702. The van der Waals surface area contributed by atoms with Gasteiger partial charge in [-0.15, -0.1) is 0 Å². The predicted octanol–water partition coefficient (Wildman–Crippen LogP) is 2.27. The van der Waals surface area contributed by atoms with Crippen LogP contribution in [-0.4, -0.2) is 23.7 Å². The molecule has 2 N–H and O–H groups in total. The van der Waals surface area contributed by atoms with Gasteiger partial charge in [-0.25, -0.2) is 0 Å². The molecule has 106 valence electrons. The summed E-state index contributed by atoms with van der Waals surface area (Å²) in [6.45, 7) is 3.68. The van der Waals surface area contributed by atoms with E-state index in [1.165, 1.54) is 12.1 Å². The van der Waals surface area contributed by atoms with Crippen LogP contribution in [0.15, 0.2) is 29.2 Å². The first-order valence-electron chi connectivity index (χ1n) is 6.45. The van der Waals surface area contributed by atoms with Gasteiger partial charge >= 0.3 is 0 Å². The third-order valence-electron chi connectivity index (χ3n) is 3.98. The zero-order valence-corrected chi connectivity index (χ0v) is 12.0. The van der Waals surface area contributed by atoms with Crippen LogP contribution in [0.2, 0.25) is 0 Å². The molecule has 1 aromatic carbocycles. The second kappa shape index (κ2) is 4.89. The van der Waals surface area contributed by atoms with Crippen molar-refractivity contribution in [1.82, 2.24) is 0 Å². The summed E-state index contributed by atoms with van der Waals surface area (Å²) in [5, 5.41) is 9.85. The molecule has 1 aliphatic carbocycles. The highest BCUT2D eigenvalue weighted by Gasteiger charge is 2.38.